The van der Waals surface area contributed by atoms with Crippen LogP contribution in [0.2, 0.25) is 0 Å². The molecule has 0 nitrogen and oxygen atoms in total. The van der Waals surface area contributed by atoms with Gasteiger partial charge in [0.05, 0.1) is 0 Å². The fraction of sp³-hybridized carbons (Fsp3) is 0.0800. The van der Waals surface area contributed by atoms with Crippen LogP contribution in [0, 0.1) is 34.4 Å². The van der Waals surface area contributed by atoms with Gasteiger partial charge in [-0.05, 0) is 80.6 Å². The summed E-state index contributed by atoms with van der Waals surface area (Å²) in [5, 5.41) is 1.51. The summed E-state index contributed by atoms with van der Waals surface area (Å²) in [6, 6.07) is 57.9. The van der Waals surface area contributed by atoms with E-state index in [1.807, 2.05) is 72.8 Å². The Labute approximate surface area is 403 Å². The molecule has 0 N–H and O–H groups in total. The van der Waals surface area contributed by atoms with Gasteiger partial charge in [-0.25, -0.2) is 0 Å². The van der Waals surface area contributed by atoms with Gasteiger partial charge in [0.1, 0.15) is 10.8 Å². The first-order valence-electron chi connectivity index (χ1n) is 17.9. The standard InChI is InChI=1S/2C25H21BrCl.2ClH.2Pd/c2*1-18(2)23(25(27)21-13-15-22(26)16-14-21)17-24(19-9-5-3-6-10-19)20-11-7-4-8-12-20;;;;/h2*3-17H,1-2H3;2*1H;;/q;;;;2*+2/p-2. The summed E-state index contributed by atoms with van der Waals surface area (Å²) in [5.74, 6) is 4.43. The Bertz CT molecular complexity index is 1820. The molecule has 58 heavy (non-hydrogen) atoms. The predicted molar refractivity (Wildman–Crippen MR) is 252 cm³/mol. The minimum absolute atomic E-state index is 0.756. The number of halogens is 6. The van der Waals surface area contributed by atoms with E-state index in [2.05, 4.69) is 224 Å². The van der Waals surface area contributed by atoms with Crippen LogP contribution in [0.3, 0.4) is 0 Å². The van der Waals surface area contributed by atoms with E-state index in [0.29, 0.717) is 0 Å². The van der Waals surface area contributed by atoms with Gasteiger partial charge in [-0.1, -0.05) is 217 Å². The third kappa shape index (κ3) is 15.9. The second-order valence-electron chi connectivity index (χ2n) is 13.0. The zero-order valence-corrected chi connectivity index (χ0v) is 41.5. The Balaban J connectivity index is 0.000000286. The van der Waals surface area contributed by atoms with Crippen LogP contribution in [0.25, 0.3) is 11.1 Å². The predicted octanol–water partition coefficient (Wildman–Crippen LogP) is 17.2. The van der Waals surface area contributed by atoms with Crippen LogP contribution in [0.5, 0.6) is 0 Å². The summed E-state index contributed by atoms with van der Waals surface area (Å²) in [6.07, 6.45) is 4.40. The summed E-state index contributed by atoms with van der Waals surface area (Å²) in [5.41, 5.74) is 9.00. The Kier molecular flexibility index (Phi) is 24.4. The number of hydrogen-bond acceptors (Lipinski definition) is 0. The monoisotopic (exact) mass is 1150 g/mol. The van der Waals surface area contributed by atoms with Crippen molar-refractivity contribution in [1.82, 2.24) is 0 Å². The molecule has 6 radical (unpaired) electrons. The average Bonchev–Trinajstić information content (AvgIpc) is 3.27. The van der Waals surface area contributed by atoms with Gasteiger partial charge in [-0.2, -0.15) is 0 Å². The van der Waals surface area contributed by atoms with Crippen molar-refractivity contribution in [2.45, 2.75) is 27.7 Å². The topological polar surface area (TPSA) is 0 Å². The zero-order chi connectivity index (χ0) is 42.5. The van der Waals surface area contributed by atoms with E-state index in [9.17, 15) is 0 Å². The van der Waals surface area contributed by atoms with Gasteiger partial charge in [-0.3, -0.25) is 0 Å². The molecule has 0 saturated heterocycles. The normalized spacial score (nSPS) is 10.7. The molecule has 6 aromatic carbocycles. The molecule has 0 aliphatic rings. The summed E-state index contributed by atoms with van der Waals surface area (Å²) in [4.78, 5) is 0. The Morgan fingerprint density at radius 3 is 0.793 bits per heavy atom. The van der Waals surface area contributed by atoms with Gasteiger partial charge in [0.15, 0.2) is 0 Å². The first-order chi connectivity index (χ1) is 28.1. The molecule has 8 heteroatoms. The average molecular weight is 1160 g/mol. The molecule has 0 aliphatic heterocycles. The molecule has 6 aromatic rings. The molecule has 302 valence electrons. The molecule has 0 amide bonds. The fourth-order valence-electron chi connectivity index (χ4n) is 5.78. The number of hydrogen-bond donors (Lipinski definition) is 0. The summed E-state index contributed by atoms with van der Waals surface area (Å²) in [6.45, 7) is 8.39. The molecule has 0 heterocycles. The molecular formula is C50H42Br2Cl4Pd2+2. The van der Waals surface area contributed by atoms with Crippen LogP contribution in [-0.4, -0.2) is 0 Å². The van der Waals surface area contributed by atoms with Crippen LogP contribution in [-0.2, 0) is 36.4 Å². The second kappa shape index (κ2) is 28.0. The molecule has 0 saturated carbocycles. The SMILES string of the molecule is C[C](C)[C](C=C(c1ccccc1)c1ccccc1)[C](Cl)c1ccc(Br)cc1.C[C](C)[C](C=C(c1ccccc1)c1ccccc1)[C](Cl)c1ccc(Br)cc1.[Cl][Pd+].[Cl][Pd+]. The Morgan fingerprint density at radius 2 is 0.586 bits per heavy atom. The van der Waals surface area contributed by atoms with Crippen molar-refractivity contribution < 1.29 is 36.4 Å². The maximum atomic E-state index is 6.84. The van der Waals surface area contributed by atoms with Crippen LogP contribution in [0.1, 0.15) is 61.1 Å². The molecule has 0 unspecified atom stereocenters. The van der Waals surface area contributed by atoms with E-state index >= 15 is 0 Å². The third-order valence-electron chi connectivity index (χ3n) is 8.66. The van der Waals surface area contributed by atoms with E-state index in [0.717, 1.165) is 53.8 Å². The van der Waals surface area contributed by atoms with Crippen molar-refractivity contribution in [2.75, 3.05) is 0 Å². The number of rotatable bonds is 12. The van der Waals surface area contributed by atoms with E-state index in [1.165, 1.54) is 34.1 Å². The van der Waals surface area contributed by atoms with Crippen molar-refractivity contribution in [3.63, 3.8) is 0 Å². The van der Waals surface area contributed by atoms with Gasteiger partial charge < -0.3 is 0 Å². The summed E-state index contributed by atoms with van der Waals surface area (Å²) >= 11 is 25.1. The van der Waals surface area contributed by atoms with Crippen molar-refractivity contribution in [2.24, 2.45) is 0 Å². The molecule has 0 fully saturated rings. The molecule has 0 aromatic heterocycles. The van der Waals surface area contributed by atoms with Crippen LogP contribution in [0.4, 0.5) is 0 Å². The van der Waals surface area contributed by atoms with Crippen molar-refractivity contribution >= 4 is 85.3 Å². The van der Waals surface area contributed by atoms with Crippen LogP contribution in [0.15, 0.2) is 191 Å². The molecule has 6 rings (SSSR count). The van der Waals surface area contributed by atoms with E-state index < -0.39 is 0 Å². The molecule has 0 bridgehead atoms. The van der Waals surface area contributed by atoms with E-state index in [1.54, 1.807) is 0 Å². The van der Waals surface area contributed by atoms with Gasteiger partial charge in [-0.15, -0.1) is 23.2 Å². The van der Waals surface area contributed by atoms with E-state index in [-0.39, 0.29) is 0 Å². The Hall–Kier alpha value is -1.76. The van der Waals surface area contributed by atoms with Gasteiger partial charge in [0.2, 0.25) is 0 Å². The van der Waals surface area contributed by atoms with E-state index in [4.69, 9.17) is 23.2 Å². The van der Waals surface area contributed by atoms with Crippen molar-refractivity contribution in [1.29, 1.82) is 0 Å². The second-order valence-corrected chi connectivity index (χ2v) is 15.6. The summed E-state index contributed by atoms with van der Waals surface area (Å²) < 4.78 is 2.08. The van der Waals surface area contributed by atoms with Crippen LogP contribution < -0.4 is 0 Å². The molecule has 0 spiro atoms. The van der Waals surface area contributed by atoms with Crippen LogP contribution >= 0.6 is 74.1 Å². The van der Waals surface area contributed by atoms with Crippen molar-refractivity contribution in [3.05, 3.63) is 259 Å². The zero-order valence-electron chi connectivity index (χ0n) is 32.2. The minimum atomic E-state index is 0.756. The maximum absolute atomic E-state index is 6.84. The van der Waals surface area contributed by atoms with Crippen molar-refractivity contribution in [3.8, 4) is 0 Å². The molecule has 0 aliphatic carbocycles. The number of allylic oxidation sites excluding steroid dienone is 2. The summed E-state index contributed by atoms with van der Waals surface area (Å²) in [7, 11) is 8.98. The van der Waals surface area contributed by atoms with Gasteiger partial charge in [0.25, 0.3) is 0 Å². The number of benzene rings is 6. The molecular weight excluding hydrogens is 1120 g/mol. The van der Waals surface area contributed by atoms with Gasteiger partial charge >= 0.3 is 55.4 Å². The Morgan fingerprint density at radius 1 is 0.362 bits per heavy atom. The fourth-order valence-corrected chi connectivity index (χ4v) is 7.05. The third-order valence-corrected chi connectivity index (χ3v) is 10.6. The first kappa shape index (κ1) is 50.6. The quantitative estimate of drug-likeness (QED) is 0.107. The molecule has 0 atom stereocenters. The van der Waals surface area contributed by atoms with Gasteiger partial charge in [0, 0.05) is 20.8 Å². The first-order valence-corrected chi connectivity index (χ1v) is 24.3.